The van der Waals surface area contributed by atoms with Gasteiger partial charge in [0, 0.05) is 0 Å². The topological polar surface area (TPSA) is 55.8 Å². The van der Waals surface area contributed by atoms with Crippen molar-refractivity contribution in [2.24, 2.45) is 0 Å². The van der Waals surface area contributed by atoms with Crippen molar-refractivity contribution in [3.8, 4) is 11.5 Å². The van der Waals surface area contributed by atoms with E-state index in [2.05, 4.69) is 4.74 Å². The van der Waals surface area contributed by atoms with Gasteiger partial charge in [0.2, 0.25) is 0 Å². The lowest BCUT2D eigenvalue weighted by Crippen LogP contribution is -2.03. The lowest BCUT2D eigenvalue weighted by atomic mass is 10.3. The van der Waals surface area contributed by atoms with Crippen molar-refractivity contribution in [3.63, 3.8) is 0 Å². The number of hydrogen-bond donors (Lipinski definition) is 1. The quantitative estimate of drug-likeness (QED) is 0.540. The summed E-state index contributed by atoms with van der Waals surface area (Å²) in [4.78, 5) is 10.2. The van der Waals surface area contributed by atoms with Crippen LogP contribution in [0, 0.1) is 0 Å². The largest absolute Gasteiger partial charge is 0.511 e. The minimum atomic E-state index is -1.35. The average molecular weight is 168 g/mol. The number of benzene rings is 1. The Hall–Kier alpha value is -1.71. The normalized spacial score (nSPS) is 9.08. The molecule has 0 aliphatic heterocycles. The molecule has 0 saturated carbocycles. The van der Waals surface area contributed by atoms with Gasteiger partial charge in [-0.2, -0.15) is 0 Å². The maximum Gasteiger partial charge on any atom is 0.511 e. The van der Waals surface area contributed by atoms with E-state index in [-0.39, 0.29) is 5.75 Å². The van der Waals surface area contributed by atoms with Gasteiger partial charge in [-0.1, -0.05) is 12.1 Å². The van der Waals surface area contributed by atoms with Gasteiger partial charge in [0.05, 0.1) is 7.11 Å². The highest BCUT2D eigenvalue weighted by atomic mass is 16.7. The Kier molecular flexibility index (Phi) is 2.53. The van der Waals surface area contributed by atoms with Crippen LogP contribution in [0.25, 0.3) is 0 Å². The van der Waals surface area contributed by atoms with Gasteiger partial charge in [-0.05, 0) is 12.1 Å². The molecular formula is C8H8O4. The summed E-state index contributed by atoms with van der Waals surface area (Å²) in [6.45, 7) is 0. The van der Waals surface area contributed by atoms with Gasteiger partial charge in [-0.3, -0.25) is 0 Å². The van der Waals surface area contributed by atoms with Crippen LogP contribution in [0.2, 0.25) is 0 Å². The lowest BCUT2D eigenvalue weighted by Gasteiger charge is -2.04. The van der Waals surface area contributed by atoms with Crippen LogP contribution >= 0.6 is 0 Å². The van der Waals surface area contributed by atoms with E-state index in [4.69, 9.17) is 9.84 Å². The Morgan fingerprint density at radius 1 is 1.33 bits per heavy atom. The van der Waals surface area contributed by atoms with Crippen molar-refractivity contribution in [2.75, 3.05) is 7.11 Å². The highest BCUT2D eigenvalue weighted by molar-refractivity contribution is 5.62. The van der Waals surface area contributed by atoms with E-state index < -0.39 is 6.16 Å². The number of para-hydroxylation sites is 2. The van der Waals surface area contributed by atoms with Crippen LogP contribution in [0.15, 0.2) is 24.3 Å². The van der Waals surface area contributed by atoms with Crippen LogP contribution in [-0.2, 0) is 0 Å². The molecule has 0 amide bonds. The van der Waals surface area contributed by atoms with E-state index in [1.54, 1.807) is 18.2 Å². The van der Waals surface area contributed by atoms with Crippen molar-refractivity contribution in [2.45, 2.75) is 0 Å². The predicted octanol–water partition coefficient (Wildman–Crippen LogP) is 1.75. The van der Waals surface area contributed by atoms with Gasteiger partial charge < -0.3 is 14.6 Å². The molecule has 4 heteroatoms. The van der Waals surface area contributed by atoms with Crippen LogP contribution in [0.4, 0.5) is 4.79 Å². The maximum absolute atomic E-state index is 10.2. The fraction of sp³-hybridized carbons (Fsp3) is 0.125. The Morgan fingerprint density at radius 3 is 2.42 bits per heavy atom. The molecule has 0 spiro atoms. The molecule has 1 N–H and O–H groups in total. The molecule has 4 nitrogen and oxygen atoms in total. The number of rotatable bonds is 2. The van der Waals surface area contributed by atoms with Gasteiger partial charge >= 0.3 is 6.16 Å². The second-order valence-electron chi connectivity index (χ2n) is 2.02. The summed E-state index contributed by atoms with van der Waals surface area (Å²) in [5, 5.41) is 8.31. The first-order valence-electron chi connectivity index (χ1n) is 3.28. The van der Waals surface area contributed by atoms with Crippen molar-refractivity contribution in [3.05, 3.63) is 24.3 Å². The number of methoxy groups -OCH3 is 1. The summed E-state index contributed by atoms with van der Waals surface area (Å²) in [5.41, 5.74) is 0. The Labute approximate surface area is 69.3 Å². The number of hydrogen-bond acceptors (Lipinski definition) is 3. The molecule has 0 unspecified atom stereocenters. The summed E-state index contributed by atoms with van der Waals surface area (Å²) in [5.74, 6) is 0.604. The molecular weight excluding hydrogens is 160 g/mol. The fourth-order valence-electron chi connectivity index (χ4n) is 0.797. The van der Waals surface area contributed by atoms with Gasteiger partial charge in [-0.15, -0.1) is 0 Å². The number of carbonyl (C=O) groups is 1. The number of ether oxygens (including phenoxy) is 2. The molecule has 64 valence electrons. The molecule has 0 aliphatic carbocycles. The smallest absolute Gasteiger partial charge is 0.493 e. The number of carboxylic acid groups (broad SMARTS) is 1. The third-order valence-electron chi connectivity index (χ3n) is 1.27. The van der Waals surface area contributed by atoms with Gasteiger partial charge in [0.15, 0.2) is 11.5 Å². The zero-order valence-corrected chi connectivity index (χ0v) is 6.48. The van der Waals surface area contributed by atoms with Crippen molar-refractivity contribution in [1.82, 2.24) is 0 Å². The molecule has 1 aromatic carbocycles. The summed E-state index contributed by atoms with van der Waals surface area (Å²) in [7, 11) is 1.45. The molecule has 0 heterocycles. The third-order valence-corrected chi connectivity index (χ3v) is 1.27. The van der Waals surface area contributed by atoms with E-state index in [9.17, 15) is 4.79 Å². The molecule has 12 heavy (non-hydrogen) atoms. The molecule has 0 fully saturated rings. The van der Waals surface area contributed by atoms with Crippen molar-refractivity contribution < 1.29 is 19.4 Å². The zero-order valence-electron chi connectivity index (χ0n) is 6.48. The Balaban J connectivity index is 2.89. The standard InChI is InChI=1S/C8H8O4/c1-11-6-4-2-3-5-7(6)12-8(9)10/h2-5H,1H3,(H,9,10). The molecule has 0 radical (unpaired) electrons. The minimum absolute atomic E-state index is 0.201. The van der Waals surface area contributed by atoms with E-state index in [1.165, 1.54) is 13.2 Å². The van der Waals surface area contributed by atoms with Crippen LogP contribution in [0.1, 0.15) is 0 Å². The maximum atomic E-state index is 10.2. The molecule has 0 aliphatic rings. The molecule has 1 rings (SSSR count). The first-order chi connectivity index (χ1) is 5.74. The monoisotopic (exact) mass is 168 g/mol. The van der Waals surface area contributed by atoms with Crippen molar-refractivity contribution in [1.29, 1.82) is 0 Å². The fourth-order valence-corrected chi connectivity index (χ4v) is 0.797. The van der Waals surface area contributed by atoms with E-state index in [0.29, 0.717) is 5.75 Å². The van der Waals surface area contributed by atoms with Gasteiger partial charge in [0.1, 0.15) is 0 Å². The SMILES string of the molecule is COc1ccccc1OC(=O)O. The Bertz CT molecular complexity index is 282. The first kappa shape index (κ1) is 8.39. The average Bonchev–Trinajstić information content (AvgIpc) is 2.04. The van der Waals surface area contributed by atoms with Crippen LogP contribution in [0.3, 0.4) is 0 Å². The van der Waals surface area contributed by atoms with Crippen LogP contribution in [-0.4, -0.2) is 18.4 Å². The first-order valence-corrected chi connectivity index (χ1v) is 3.28. The van der Waals surface area contributed by atoms with Crippen molar-refractivity contribution >= 4 is 6.16 Å². The zero-order chi connectivity index (χ0) is 8.97. The van der Waals surface area contributed by atoms with E-state index in [1.807, 2.05) is 0 Å². The van der Waals surface area contributed by atoms with E-state index >= 15 is 0 Å². The van der Waals surface area contributed by atoms with Gasteiger partial charge in [-0.25, -0.2) is 4.79 Å². The molecule has 1 aromatic rings. The molecule has 0 aromatic heterocycles. The summed E-state index contributed by atoms with van der Waals surface area (Å²) in [6.07, 6.45) is -1.35. The second-order valence-corrected chi connectivity index (χ2v) is 2.02. The summed E-state index contributed by atoms with van der Waals surface area (Å²) in [6, 6.07) is 6.54. The lowest BCUT2D eigenvalue weighted by molar-refractivity contribution is 0.143. The highest BCUT2D eigenvalue weighted by Gasteiger charge is 2.05. The second kappa shape index (κ2) is 3.61. The molecule has 0 bridgehead atoms. The molecule has 0 saturated heterocycles. The third kappa shape index (κ3) is 1.88. The Morgan fingerprint density at radius 2 is 1.92 bits per heavy atom. The summed E-state index contributed by atoms with van der Waals surface area (Å²) < 4.78 is 9.29. The van der Waals surface area contributed by atoms with Crippen LogP contribution in [0.5, 0.6) is 11.5 Å². The molecule has 0 atom stereocenters. The minimum Gasteiger partial charge on any atom is -0.493 e. The van der Waals surface area contributed by atoms with E-state index in [0.717, 1.165) is 0 Å². The summed E-state index contributed by atoms with van der Waals surface area (Å²) >= 11 is 0. The van der Waals surface area contributed by atoms with Gasteiger partial charge in [0.25, 0.3) is 0 Å². The highest BCUT2D eigenvalue weighted by Crippen LogP contribution is 2.25. The predicted molar refractivity (Wildman–Crippen MR) is 41.6 cm³/mol. The van der Waals surface area contributed by atoms with Crippen LogP contribution < -0.4 is 9.47 Å².